The van der Waals surface area contributed by atoms with Crippen LogP contribution in [-0.2, 0) is 20.5 Å². The van der Waals surface area contributed by atoms with Crippen molar-refractivity contribution in [2.75, 3.05) is 24.6 Å². The highest BCUT2D eigenvalue weighted by molar-refractivity contribution is 6.32. The van der Waals surface area contributed by atoms with Crippen molar-refractivity contribution in [1.29, 1.82) is 0 Å². The van der Waals surface area contributed by atoms with Crippen LogP contribution >= 0.6 is 11.6 Å². The SMILES string of the molecule is CC[C@H](C)NC(=O)COC(=O)C1CCN(c2[nH+]cc(C(F)(F)F)cc2Cl)CC1. The van der Waals surface area contributed by atoms with Crippen LogP contribution in [0.15, 0.2) is 12.3 Å². The molecule has 1 aliphatic rings. The number of hydrogen-bond donors (Lipinski definition) is 1. The van der Waals surface area contributed by atoms with Crippen molar-refractivity contribution in [2.45, 2.75) is 45.3 Å². The molecule has 0 radical (unpaired) electrons. The van der Waals surface area contributed by atoms with E-state index in [0.29, 0.717) is 31.7 Å². The number of rotatable bonds is 6. The molecule has 1 aromatic heterocycles. The first-order valence-electron chi connectivity index (χ1n) is 9.11. The van der Waals surface area contributed by atoms with Crippen LogP contribution in [-0.4, -0.2) is 37.6 Å². The molecule has 156 valence electrons. The van der Waals surface area contributed by atoms with Crippen molar-refractivity contribution >= 4 is 29.3 Å². The molecule has 0 aromatic carbocycles. The van der Waals surface area contributed by atoms with E-state index in [-0.39, 0.29) is 29.5 Å². The molecule has 0 bridgehead atoms. The van der Waals surface area contributed by atoms with Gasteiger partial charge >= 0.3 is 12.1 Å². The van der Waals surface area contributed by atoms with Gasteiger partial charge in [-0.15, -0.1) is 0 Å². The number of aromatic nitrogens is 1. The maximum absolute atomic E-state index is 12.7. The molecule has 1 amide bonds. The molecule has 2 heterocycles. The number of piperidine rings is 1. The number of alkyl halides is 3. The molecule has 2 rings (SSSR count). The van der Waals surface area contributed by atoms with Gasteiger partial charge in [-0.1, -0.05) is 18.5 Å². The smallest absolute Gasteiger partial charge is 0.419 e. The molecule has 1 aromatic rings. The van der Waals surface area contributed by atoms with Crippen LogP contribution in [0.3, 0.4) is 0 Å². The molecule has 28 heavy (non-hydrogen) atoms. The van der Waals surface area contributed by atoms with Crippen LogP contribution in [0.5, 0.6) is 0 Å². The van der Waals surface area contributed by atoms with Crippen LogP contribution in [0, 0.1) is 5.92 Å². The highest BCUT2D eigenvalue weighted by atomic mass is 35.5. The van der Waals surface area contributed by atoms with Crippen LogP contribution < -0.4 is 15.2 Å². The van der Waals surface area contributed by atoms with E-state index in [1.54, 1.807) is 4.90 Å². The molecular weight excluding hydrogens is 399 g/mol. The fraction of sp³-hybridized carbons (Fsp3) is 0.611. The zero-order valence-electron chi connectivity index (χ0n) is 15.7. The zero-order valence-corrected chi connectivity index (χ0v) is 16.5. The van der Waals surface area contributed by atoms with Gasteiger partial charge in [0.15, 0.2) is 6.61 Å². The van der Waals surface area contributed by atoms with Gasteiger partial charge in [0.1, 0.15) is 11.2 Å². The third-order valence-corrected chi connectivity index (χ3v) is 5.00. The highest BCUT2D eigenvalue weighted by Gasteiger charge is 2.35. The number of pyridine rings is 1. The first-order valence-corrected chi connectivity index (χ1v) is 9.49. The number of esters is 1. The molecular formula is C18H24ClF3N3O3+. The van der Waals surface area contributed by atoms with Gasteiger partial charge in [0.25, 0.3) is 11.7 Å². The Bertz CT molecular complexity index is 707. The largest absolute Gasteiger partial charge is 0.455 e. The molecule has 6 nitrogen and oxygen atoms in total. The van der Waals surface area contributed by atoms with Crippen molar-refractivity contribution in [3.05, 3.63) is 22.8 Å². The van der Waals surface area contributed by atoms with E-state index in [2.05, 4.69) is 10.3 Å². The van der Waals surface area contributed by atoms with Crippen LogP contribution in [0.25, 0.3) is 0 Å². The Hall–Kier alpha value is -2.03. The zero-order chi connectivity index (χ0) is 20.9. The van der Waals surface area contributed by atoms with Gasteiger partial charge in [-0.25, -0.2) is 4.98 Å². The van der Waals surface area contributed by atoms with Gasteiger partial charge < -0.3 is 10.1 Å². The third kappa shape index (κ3) is 5.98. The molecule has 1 atom stereocenters. The second kappa shape index (κ2) is 9.45. The van der Waals surface area contributed by atoms with E-state index in [4.69, 9.17) is 16.3 Å². The van der Waals surface area contributed by atoms with Gasteiger partial charge in [0, 0.05) is 6.04 Å². The summed E-state index contributed by atoms with van der Waals surface area (Å²) in [5.74, 6) is -0.761. The highest BCUT2D eigenvalue weighted by Crippen LogP contribution is 2.33. The van der Waals surface area contributed by atoms with Gasteiger partial charge in [0.2, 0.25) is 0 Å². The summed E-state index contributed by atoms with van der Waals surface area (Å²) in [5, 5.41) is 2.68. The van der Waals surface area contributed by atoms with Gasteiger partial charge in [-0.05, 0) is 32.3 Å². The molecule has 1 aliphatic heterocycles. The van der Waals surface area contributed by atoms with E-state index in [9.17, 15) is 22.8 Å². The van der Waals surface area contributed by atoms with E-state index in [1.165, 1.54) is 0 Å². The maximum atomic E-state index is 12.7. The molecule has 0 aliphatic carbocycles. The van der Waals surface area contributed by atoms with E-state index in [0.717, 1.165) is 18.7 Å². The molecule has 1 fully saturated rings. The lowest BCUT2D eigenvalue weighted by molar-refractivity contribution is -0.367. The number of carbonyl (C=O) groups is 2. The van der Waals surface area contributed by atoms with E-state index >= 15 is 0 Å². The second-order valence-corrected chi connectivity index (χ2v) is 7.24. The Morgan fingerprint density at radius 1 is 1.39 bits per heavy atom. The number of anilines is 1. The van der Waals surface area contributed by atoms with E-state index < -0.39 is 17.7 Å². The minimum Gasteiger partial charge on any atom is -0.455 e. The lowest BCUT2D eigenvalue weighted by Gasteiger charge is -2.27. The summed E-state index contributed by atoms with van der Waals surface area (Å²) in [6, 6.07) is 0.892. The standard InChI is InChI=1S/C18H23ClF3N3O3/c1-3-11(2)24-15(26)10-28-17(27)12-4-6-25(7-5-12)16-14(19)8-13(9-23-16)18(20,21)22/h8-9,11-12H,3-7,10H2,1-2H3,(H,24,26)/p+1/t11-/m0/s1. The summed E-state index contributed by atoms with van der Waals surface area (Å²) in [6.07, 6.45) is -1.91. The quantitative estimate of drug-likeness (QED) is 0.715. The van der Waals surface area contributed by atoms with Gasteiger partial charge in [-0.2, -0.15) is 13.2 Å². The summed E-state index contributed by atoms with van der Waals surface area (Å²) in [4.78, 5) is 28.2. The maximum Gasteiger partial charge on any atom is 0.419 e. The number of hydrogen-bond acceptors (Lipinski definition) is 4. The average Bonchev–Trinajstić information content (AvgIpc) is 2.65. The number of amides is 1. The molecule has 0 saturated carbocycles. The minimum atomic E-state index is -4.48. The summed E-state index contributed by atoms with van der Waals surface area (Å²) in [7, 11) is 0. The molecule has 0 unspecified atom stereocenters. The first-order chi connectivity index (χ1) is 13.1. The summed E-state index contributed by atoms with van der Waals surface area (Å²) in [6.45, 7) is 4.34. The first kappa shape index (κ1) is 22.3. The van der Waals surface area contributed by atoms with Crippen LogP contribution in [0.4, 0.5) is 19.0 Å². The molecule has 0 spiro atoms. The Morgan fingerprint density at radius 2 is 2.04 bits per heavy atom. The lowest BCUT2D eigenvalue weighted by Crippen LogP contribution is -2.41. The molecule has 10 heteroatoms. The van der Waals surface area contributed by atoms with Gasteiger partial charge in [0.05, 0.1) is 24.6 Å². The van der Waals surface area contributed by atoms with Crippen molar-refractivity contribution in [1.82, 2.24) is 5.32 Å². The third-order valence-electron chi connectivity index (χ3n) is 4.71. The van der Waals surface area contributed by atoms with Crippen molar-refractivity contribution in [3.8, 4) is 0 Å². The Kier molecular flexibility index (Phi) is 7.51. The van der Waals surface area contributed by atoms with Crippen molar-refractivity contribution < 1.29 is 32.5 Å². The number of nitrogens with zero attached hydrogens (tertiary/aromatic N) is 1. The number of nitrogens with one attached hydrogen (secondary N) is 2. The number of carbonyl (C=O) groups excluding carboxylic acids is 2. The van der Waals surface area contributed by atoms with Crippen LogP contribution in [0.1, 0.15) is 38.7 Å². The van der Waals surface area contributed by atoms with Crippen molar-refractivity contribution in [2.24, 2.45) is 5.92 Å². The Balaban J connectivity index is 1.85. The minimum absolute atomic E-state index is 0.0131. The predicted octanol–water partition coefficient (Wildman–Crippen LogP) is 2.85. The number of H-pyrrole nitrogens is 1. The Morgan fingerprint density at radius 3 is 2.57 bits per heavy atom. The fourth-order valence-corrected chi connectivity index (χ4v) is 3.17. The monoisotopic (exact) mass is 422 g/mol. The number of aromatic amines is 1. The topological polar surface area (TPSA) is 72.8 Å². The van der Waals surface area contributed by atoms with Crippen LogP contribution in [0.2, 0.25) is 5.02 Å². The normalized spacial score (nSPS) is 16.6. The summed E-state index contributed by atoms with van der Waals surface area (Å²) < 4.78 is 43.3. The number of halogens is 4. The lowest BCUT2D eigenvalue weighted by atomic mass is 9.97. The molecule has 1 saturated heterocycles. The summed E-state index contributed by atoms with van der Waals surface area (Å²) in [5.41, 5.74) is -0.851. The summed E-state index contributed by atoms with van der Waals surface area (Å²) >= 11 is 6.00. The number of ether oxygens (including phenoxy) is 1. The predicted molar refractivity (Wildman–Crippen MR) is 96.8 cm³/mol. The van der Waals surface area contributed by atoms with Crippen molar-refractivity contribution in [3.63, 3.8) is 0 Å². The fourth-order valence-electron chi connectivity index (χ4n) is 2.88. The molecule has 2 N–H and O–H groups in total. The van der Waals surface area contributed by atoms with E-state index in [1.807, 2.05) is 13.8 Å². The average molecular weight is 423 g/mol. The Labute approximate surface area is 166 Å². The second-order valence-electron chi connectivity index (χ2n) is 6.83. The van der Waals surface area contributed by atoms with Gasteiger partial charge in [-0.3, -0.25) is 14.5 Å².